The summed E-state index contributed by atoms with van der Waals surface area (Å²) in [5, 5.41) is 0. The van der Waals surface area contributed by atoms with Crippen LogP contribution < -0.4 is 0 Å². The van der Waals surface area contributed by atoms with Crippen LogP contribution in [0.15, 0.2) is 0 Å². The minimum Gasteiger partial charge on any atom is -0.298 e. The van der Waals surface area contributed by atoms with E-state index in [4.69, 9.17) is 0 Å². The summed E-state index contributed by atoms with van der Waals surface area (Å²) in [6.07, 6.45) is 5.79. The lowest BCUT2D eigenvalue weighted by Crippen LogP contribution is -2.54. The van der Waals surface area contributed by atoms with Gasteiger partial charge in [0.25, 0.3) is 0 Å². The van der Waals surface area contributed by atoms with Gasteiger partial charge in [0.05, 0.1) is 0 Å². The molecule has 0 bridgehead atoms. The number of fused-ring (bicyclic) bond motifs is 1. The molecule has 2 aliphatic rings. The molecule has 2 aliphatic heterocycles. The van der Waals surface area contributed by atoms with Crippen LogP contribution in [0.1, 0.15) is 32.6 Å². The van der Waals surface area contributed by atoms with Crippen molar-refractivity contribution in [2.24, 2.45) is 0 Å². The van der Waals surface area contributed by atoms with E-state index < -0.39 is 0 Å². The van der Waals surface area contributed by atoms with Gasteiger partial charge in [0.1, 0.15) is 0 Å². The van der Waals surface area contributed by atoms with Gasteiger partial charge in [0.2, 0.25) is 0 Å². The number of nitrogens with zero attached hydrogens (tertiary/aromatic N) is 1. The van der Waals surface area contributed by atoms with E-state index in [0.717, 1.165) is 0 Å². The summed E-state index contributed by atoms with van der Waals surface area (Å²) < 4.78 is 0. The highest BCUT2D eigenvalue weighted by Gasteiger charge is 2.45. The second kappa shape index (κ2) is 1.72. The second-order valence-corrected chi connectivity index (χ2v) is 3.42. The Labute approximate surface area is 57.0 Å². The molecule has 9 heavy (non-hydrogen) atoms. The second-order valence-electron chi connectivity index (χ2n) is 3.42. The first-order chi connectivity index (χ1) is 4.37. The lowest BCUT2D eigenvalue weighted by molar-refractivity contribution is 0.0245. The van der Waals surface area contributed by atoms with Crippen molar-refractivity contribution in [2.45, 2.75) is 38.1 Å². The molecule has 0 spiro atoms. The highest BCUT2D eigenvalue weighted by Crippen LogP contribution is 2.42. The third-order valence-electron chi connectivity index (χ3n) is 3.25. The maximum Gasteiger partial charge on any atom is 0.0219 e. The van der Waals surface area contributed by atoms with Crippen molar-refractivity contribution in [2.75, 3.05) is 13.1 Å². The van der Waals surface area contributed by atoms with Gasteiger partial charge in [0.15, 0.2) is 0 Å². The van der Waals surface area contributed by atoms with Gasteiger partial charge in [-0.25, -0.2) is 0 Å². The summed E-state index contributed by atoms with van der Waals surface area (Å²) in [7, 11) is 0. The first kappa shape index (κ1) is 5.72. The summed E-state index contributed by atoms with van der Waals surface area (Å²) in [5.41, 5.74) is 0.708. The lowest BCUT2D eigenvalue weighted by atomic mass is 9.83. The minimum absolute atomic E-state index is 0.708. The normalized spacial score (nSPS) is 42.3. The van der Waals surface area contributed by atoms with Crippen LogP contribution in [0.4, 0.5) is 0 Å². The molecule has 1 atom stereocenters. The first-order valence-electron chi connectivity index (χ1n) is 4.12. The zero-order chi connectivity index (χ0) is 6.32. The molecule has 2 fully saturated rings. The average molecular weight is 125 g/mol. The van der Waals surface area contributed by atoms with Gasteiger partial charge in [0, 0.05) is 12.1 Å². The van der Waals surface area contributed by atoms with Gasteiger partial charge in [-0.05, 0) is 32.2 Å². The molecule has 2 saturated heterocycles. The molecule has 0 unspecified atom stereocenters. The molecule has 1 heteroatoms. The molecule has 0 aromatic carbocycles. The van der Waals surface area contributed by atoms with Crippen molar-refractivity contribution in [1.29, 1.82) is 0 Å². The van der Waals surface area contributed by atoms with Gasteiger partial charge in [-0.2, -0.15) is 0 Å². The van der Waals surface area contributed by atoms with Crippen LogP contribution >= 0.6 is 0 Å². The molecule has 1 nitrogen and oxygen atoms in total. The van der Waals surface area contributed by atoms with Crippen molar-refractivity contribution in [1.82, 2.24) is 4.90 Å². The monoisotopic (exact) mass is 125 g/mol. The predicted octanol–water partition coefficient (Wildman–Crippen LogP) is 1.63. The van der Waals surface area contributed by atoms with Gasteiger partial charge in [-0.3, -0.25) is 4.90 Å². The van der Waals surface area contributed by atoms with Crippen molar-refractivity contribution in [3.8, 4) is 0 Å². The van der Waals surface area contributed by atoms with E-state index in [-0.39, 0.29) is 0 Å². The van der Waals surface area contributed by atoms with Gasteiger partial charge in [-0.15, -0.1) is 0 Å². The Hall–Kier alpha value is -0.0400. The van der Waals surface area contributed by atoms with Crippen LogP contribution in [0.25, 0.3) is 0 Å². The Kier molecular flexibility index (Phi) is 1.10. The van der Waals surface area contributed by atoms with Crippen LogP contribution in [0.2, 0.25) is 0 Å². The number of hydrogen-bond acceptors (Lipinski definition) is 1. The smallest absolute Gasteiger partial charge is 0.0219 e. The fourth-order valence-corrected chi connectivity index (χ4v) is 2.39. The molecule has 0 radical (unpaired) electrons. The average Bonchev–Trinajstić information content (AvgIpc) is 2.10. The largest absolute Gasteiger partial charge is 0.298 e. The SMILES string of the molecule is CC[C@]12CCCN1CC2. The maximum atomic E-state index is 2.66. The Bertz CT molecular complexity index is 118. The maximum absolute atomic E-state index is 2.66. The molecular formula is C8H15N. The predicted molar refractivity (Wildman–Crippen MR) is 38.4 cm³/mol. The molecule has 0 aromatic heterocycles. The quantitative estimate of drug-likeness (QED) is 0.515. The number of rotatable bonds is 1. The van der Waals surface area contributed by atoms with Crippen molar-refractivity contribution < 1.29 is 0 Å². The van der Waals surface area contributed by atoms with E-state index in [2.05, 4.69) is 11.8 Å². The minimum atomic E-state index is 0.708. The van der Waals surface area contributed by atoms with Gasteiger partial charge >= 0.3 is 0 Å². The highest BCUT2D eigenvalue weighted by atomic mass is 15.3. The molecule has 2 rings (SSSR count). The van der Waals surface area contributed by atoms with Gasteiger partial charge in [-0.1, -0.05) is 6.92 Å². The zero-order valence-corrected chi connectivity index (χ0v) is 6.19. The van der Waals surface area contributed by atoms with Crippen molar-refractivity contribution >= 4 is 0 Å². The van der Waals surface area contributed by atoms with E-state index in [1.807, 2.05) is 0 Å². The first-order valence-corrected chi connectivity index (χ1v) is 4.12. The third-order valence-corrected chi connectivity index (χ3v) is 3.25. The standard InChI is InChI=1S/C8H15N/c1-2-8-4-3-6-9(8)7-5-8/h2-7H2,1H3/t8-/m1/s1. The van der Waals surface area contributed by atoms with E-state index in [1.165, 1.54) is 38.8 Å². The Morgan fingerprint density at radius 2 is 2.22 bits per heavy atom. The third kappa shape index (κ3) is 0.586. The fourth-order valence-electron chi connectivity index (χ4n) is 2.39. The van der Waals surface area contributed by atoms with E-state index in [1.54, 1.807) is 0 Å². The molecule has 0 N–H and O–H groups in total. The molecule has 52 valence electrons. The van der Waals surface area contributed by atoms with Crippen LogP contribution in [0.5, 0.6) is 0 Å². The Morgan fingerprint density at radius 1 is 1.33 bits per heavy atom. The van der Waals surface area contributed by atoms with E-state index >= 15 is 0 Å². The highest BCUT2D eigenvalue weighted by molar-refractivity contribution is 5.02. The van der Waals surface area contributed by atoms with Crippen LogP contribution in [0, 0.1) is 0 Å². The summed E-state index contributed by atoms with van der Waals surface area (Å²) in [4.78, 5) is 2.66. The van der Waals surface area contributed by atoms with Crippen LogP contribution in [-0.4, -0.2) is 23.5 Å². The van der Waals surface area contributed by atoms with Crippen LogP contribution in [0.3, 0.4) is 0 Å². The topological polar surface area (TPSA) is 3.24 Å². The summed E-state index contributed by atoms with van der Waals surface area (Å²) in [6.45, 7) is 5.10. The molecule has 0 amide bonds. The van der Waals surface area contributed by atoms with E-state index in [9.17, 15) is 0 Å². The Morgan fingerprint density at radius 3 is 2.56 bits per heavy atom. The summed E-state index contributed by atoms with van der Waals surface area (Å²) in [5.74, 6) is 0. The Balaban J connectivity index is 2.10. The summed E-state index contributed by atoms with van der Waals surface area (Å²) >= 11 is 0. The fraction of sp³-hybridized carbons (Fsp3) is 1.00. The summed E-state index contributed by atoms with van der Waals surface area (Å²) in [6, 6.07) is 0. The molecule has 2 heterocycles. The van der Waals surface area contributed by atoms with Crippen molar-refractivity contribution in [3.63, 3.8) is 0 Å². The van der Waals surface area contributed by atoms with Gasteiger partial charge < -0.3 is 0 Å². The molecule has 0 saturated carbocycles. The molecular weight excluding hydrogens is 110 g/mol. The van der Waals surface area contributed by atoms with Crippen LogP contribution in [-0.2, 0) is 0 Å². The lowest BCUT2D eigenvalue weighted by Gasteiger charge is -2.48. The zero-order valence-electron chi connectivity index (χ0n) is 6.19. The molecule has 0 aliphatic carbocycles. The number of hydrogen-bond donors (Lipinski definition) is 0. The molecule has 0 aromatic rings. The van der Waals surface area contributed by atoms with Crippen molar-refractivity contribution in [3.05, 3.63) is 0 Å². The van der Waals surface area contributed by atoms with E-state index in [0.29, 0.717) is 5.54 Å².